The van der Waals surface area contributed by atoms with E-state index in [4.69, 9.17) is 5.21 Å². The number of carbonyl (C=O) groups excluding carboxylic acids is 1. The molecule has 2 N–H and O–H groups in total. The number of hydroxylamine groups is 1. The highest BCUT2D eigenvalue weighted by Crippen LogP contribution is 2.29. The Hall–Kier alpha value is -3.15. The number of benzene rings is 2. The number of fused-ring (bicyclic) bond motifs is 1. The molecule has 0 saturated heterocycles. The second-order valence-corrected chi connectivity index (χ2v) is 12.1. The summed E-state index contributed by atoms with van der Waals surface area (Å²) < 4.78 is 38.6. The monoisotopic (exact) mass is 516 g/mol. The van der Waals surface area contributed by atoms with E-state index in [-0.39, 0.29) is 18.4 Å². The lowest BCUT2D eigenvalue weighted by Crippen LogP contribution is -2.50. The molecule has 11 heteroatoms. The molecule has 1 fully saturated rings. The molecule has 0 spiro atoms. The van der Waals surface area contributed by atoms with E-state index in [0.717, 1.165) is 35.9 Å². The molecular weight excluding hydrogens is 487 g/mol. The van der Waals surface area contributed by atoms with Crippen LogP contribution in [-0.2, 0) is 27.7 Å². The number of sulfone groups is 1. The van der Waals surface area contributed by atoms with Crippen molar-refractivity contribution in [3.8, 4) is 11.1 Å². The quantitative estimate of drug-likeness (QED) is 0.331. The molecule has 192 valence electrons. The van der Waals surface area contributed by atoms with Crippen molar-refractivity contribution < 1.29 is 22.8 Å². The van der Waals surface area contributed by atoms with Crippen LogP contribution in [0.15, 0.2) is 47.5 Å². The Morgan fingerprint density at radius 1 is 1.28 bits per heavy atom. The number of hydrogen-bond acceptors (Lipinski definition) is 7. The van der Waals surface area contributed by atoms with Crippen LogP contribution in [0.25, 0.3) is 22.0 Å². The number of nitrogens with zero attached hydrogens (tertiary/aromatic N) is 3. The van der Waals surface area contributed by atoms with E-state index in [0.29, 0.717) is 22.7 Å². The minimum atomic E-state index is -3.93. The molecule has 0 aliphatic heterocycles. The van der Waals surface area contributed by atoms with Crippen LogP contribution in [0.4, 0.5) is 4.39 Å². The Labute approximate surface area is 208 Å². The summed E-state index contributed by atoms with van der Waals surface area (Å²) in [6, 6.07) is 10.9. The molecule has 1 unspecified atom stereocenters. The average molecular weight is 517 g/mol. The van der Waals surface area contributed by atoms with Crippen LogP contribution in [0.3, 0.4) is 0 Å². The smallest absolute Gasteiger partial charge is 0.264 e. The first kappa shape index (κ1) is 25.9. The predicted octanol–water partition coefficient (Wildman–Crippen LogP) is 2.50. The Morgan fingerprint density at radius 3 is 2.53 bits per heavy atom. The van der Waals surface area contributed by atoms with Gasteiger partial charge in [-0.1, -0.05) is 24.3 Å². The summed E-state index contributed by atoms with van der Waals surface area (Å²) in [5.41, 5.74) is 3.21. The van der Waals surface area contributed by atoms with Crippen LogP contribution < -0.4 is 11.0 Å². The third kappa shape index (κ3) is 5.04. The third-order valence-electron chi connectivity index (χ3n) is 7.01. The lowest BCUT2D eigenvalue weighted by molar-refractivity contribution is -0.131. The van der Waals surface area contributed by atoms with Crippen LogP contribution in [0.1, 0.15) is 31.7 Å². The largest absolute Gasteiger partial charge is 0.299 e. The highest BCUT2D eigenvalue weighted by atomic mass is 32.2. The van der Waals surface area contributed by atoms with Crippen molar-refractivity contribution in [2.45, 2.75) is 50.1 Å². The Kier molecular flexibility index (Phi) is 7.00. The predicted molar refractivity (Wildman–Crippen MR) is 134 cm³/mol. The lowest BCUT2D eigenvalue weighted by Gasteiger charge is -2.25. The summed E-state index contributed by atoms with van der Waals surface area (Å²) in [4.78, 5) is 31.6. The fourth-order valence-corrected chi connectivity index (χ4v) is 5.05. The van der Waals surface area contributed by atoms with E-state index in [1.165, 1.54) is 30.7 Å². The summed E-state index contributed by atoms with van der Waals surface area (Å²) in [5, 5.41) is 9.00. The maximum absolute atomic E-state index is 15.1. The van der Waals surface area contributed by atoms with Crippen LogP contribution in [0.5, 0.6) is 0 Å². The van der Waals surface area contributed by atoms with Gasteiger partial charge in [0, 0.05) is 31.0 Å². The van der Waals surface area contributed by atoms with Gasteiger partial charge < -0.3 is 0 Å². The molecule has 1 aliphatic rings. The summed E-state index contributed by atoms with van der Waals surface area (Å²) in [6.07, 6.45) is 4.26. The van der Waals surface area contributed by atoms with E-state index in [2.05, 4.69) is 16.9 Å². The van der Waals surface area contributed by atoms with Crippen LogP contribution in [0.2, 0.25) is 0 Å². The minimum Gasteiger partial charge on any atom is -0.299 e. The second kappa shape index (κ2) is 9.72. The van der Waals surface area contributed by atoms with Crippen molar-refractivity contribution >= 4 is 26.6 Å². The zero-order chi connectivity index (χ0) is 26.3. The van der Waals surface area contributed by atoms with Gasteiger partial charge in [0.1, 0.15) is 5.82 Å². The van der Waals surface area contributed by atoms with Gasteiger partial charge in [-0.3, -0.25) is 24.3 Å². The van der Waals surface area contributed by atoms with E-state index < -0.39 is 31.9 Å². The number of halogens is 1. The molecule has 0 bridgehead atoms. The van der Waals surface area contributed by atoms with Gasteiger partial charge in [-0.2, -0.15) is 0 Å². The topological polar surface area (TPSA) is 122 Å². The number of aromatic nitrogens is 2. The van der Waals surface area contributed by atoms with E-state index in [1.807, 2.05) is 24.3 Å². The van der Waals surface area contributed by atoms with E-state index in [1.54, 1.807) is 0 Å². The normalized spacial score (nSPS) is 15.7. The Bertz CT molecular complexity index is 1470. The fraction of sp³-hybridized carbons (Fsp3) is 0.400. The average Bonchev–Trinajstić information content (AvgIpc) is 3.68. The molecule has 2 aromatic carbocycles. The molecule has 4 rings (SSSR count). The Morgan fingerprint density at radius 2 is 1.94 bits per heavy atom. The van der Waals surface area contributed by atoms with Crippen molar-refractivity contribution in [2.24, 2.45) is 0 Å². The SMILES string of the molecule is CN(Cc1ccc(-c2cc3ncn(CCC(C)(C(=O)NO)S(C)(=O)=O)c(=O)c3cc2F)cc1)C1CC1. The van der Waals surface area contributed by atoms with Gasteiger partial charge in [0.15, 0.2) is 14.6 Å². The molecule has 1 saturated carbocycles. The molecule has 36 heavy (non-hydrogen) atoms. The second-order valence-electron chi connectivity index (χ2n) is 9.63. The maximum Gasteiger partial charge on any atom is 0.264 e. The van der Waals surface area contributed by atoms with Crippen LogP contribution in [-0.4, -0.2) is 58.1 Å². The van der Waals surface area contributed by atoms with Crippen LogP contribution in [0, 0.1) is 5.82 Å². The van der Waals surface area contributed by atoms with Gasteiger partial charge in [-0.25, -0.2) is 23.3 Å². The van der Waals surface area contributed by atoms with Crippen molar-refractivity contribution in [1.29, 1.82) is 0 Å². The first-order chi connectivity index (χ1) is 16.9. The first-order valence-corrected chi connectivity index (χ1v) is 13.5. The highest BCUT2D eigenvalue weighted by molar-refractivity contribution is 7.92. The summed E-state index contributed by atoms with van der Waals surface area (Å²) in [5.74, 6) is -1.68. The summed E-state index contributed by atoms with van der Waals surface area (Å²) in [6.45, 7) is 1.80. The molecule has 3 aromatic rings. The molecule has 1 amide bonds. The summed E-state index contributed by atoms with van der Waals surface area (Å²) in [7, 11) is -1.83. The molecular formula is C25H29FN4O5S. The lowest BCUT2D eigenvalue weighted by atomic mass is 10.0. The standard InChI is InChI=1S/C25H29FN4O5S/c1-25(24(32)28-33,36(3,34)35)10-11-30-15-27-22-13-19(21(26)12-20(22)23(30)31)17-6-4-16(5-7-17)14-29(2)18-8-9-18/h4-7,12-13,15,18,33H,8-11,14H2,1-3H3,(H,28,32). The van der Waals surface area contributed by atoms with Crippen molar-refractivity contribution in [1.82, 2.24) is 19.9 Å². The minimum absolute atomic E-state index is 0.0362. The Balaban J connectivity index is 1.59. The van der Waals surface area contributed by atoms with E-state index in [9.17, 15) is 18.0 Å². The highest BCUT2D eigenvalue weighted by Gasteiger charge is 2.43. The number of hydrogen-bond donors (Lipinski definition) is 2. The fourth-order valence-electron chi connectivity index (χ4n) is 4.20. The zero-order valence-corrected chi connectivity index (χ0v) is 21.2. The molecule has 9 nitrogen and oxygen atoms in total. The van der Waals surface area contributed by atoms with Crippen molar-refractivity contribution in [2.75, 3.05) is 13.3 Å². The summed E-state index contributed by atoms with van der Waals surface area (Å²) >= 11 is 0. The van der Waals surface area contributed by atoms with Gasteiger partial charge >= 0.3 is 0 Å². The third-order valence-corrected chi connectivity index (χ3v) is 9.04. The molecule has 0 radical (unpaired) electrons. The van der Waals surface area contributed by atoms with Gasteiger partial charge in [0.25, 0.3) is 11.5 Å². The molecule has 1 aromatic heterocycles. The van der Waals surface area contributed by atoms with Crippen molar-refractivity contribution in [3.05, 3.63) is 64.5 Å². The maximum atomic E-state index is 15.1. The number of nitrogens with one attached hydrogen (secondary N) is 1. The van der Waals surface area contributed by atoms with Gasteiger partial charge in [0.05, 0.1) is 17.2 Å². The molecule has 1 aliphatic carbocycles. The van der Waals surface area contributed by atoms with Crippen molar-refractivity contribution in [3.63, 3.8) is 0 Å². The van der Waals surface area contributed by atoms with Gasteiger partial charge in [-0.15, -0.1) is 0 Å². The van der Waals surface area contributed by atoms with Gasteiger partial charge in [0.2, 0.25) is 0 Å². The number of amides is 1. The van der Waals surface area contributed by atoms with Crippen LogP contribution >= 0.6 is 0 Å². The van der Waals surface area contributed by atoms with Gasteiger partial charge in [-0.05, 0) is 56.5 Å². The first-order valence-electron chi connectivity index (χ1n) is 11.6. The number of rotatable bonds is 9. The number of aryl methyl sites for hydroxylation is 1. The molecule has 1 atom stereocenters. The molecule has 1 heterocycles. The van der Waals surface area contributed by atoms with E-state index >= 15 is 4.39 Å². The number of carbonyl (C=O) groups is 1. The zero-order valence-electron chi connectivity index (χ0n) is 20.4.